The van der Waals surface area contributed by atoms with Gasteiger partial charge in [0.25, 0.3) is 0 Å². The van der Waals surface area contributed by atoms with Crippen LogP contribution in [0.3, 0.4) is 0 Å². The standard InChI is InChI=1S/C17H32N2O/c1-4-17-15(8-12-20-17)13-18-16-6-10-19(11-7-16)9-5-14(2)3/h5,15-18H,4,6-13H2,1-3H3. The van der Waals surface area contributed by atoms with Crippen LogP contribution in [0, 0.1) is 5.92 Å². The fourth-order valence-corrected chi connectivity index (χ4v) is 3.33. The third kappa shape index (κ3) is 4.87. The van der Waals surface area contributed by atoms with Crippen LogP contribution in [0.2, 0.25) is 0 Å². The van der Waals surface area contributed by atoms with Gasteiger partial charge in [0.1, 0.15) is 0 Å². The summed E-state index contributed by atoms with van der Waals surface area (Å²) in [6.45, 7) is 12.3. The van der Waals surface area contributed by atoms with Crippen molar-refractivity contribution >= 4 is 0 Å². The molecular formula is C17H32N2O. The molecule has 0 aromatic carbocycles. The Kier molecular flexibility index (Phi) is 6.53. The summed E-state index contributed by atoms with van der Waals surface area (Å²) in [6, 6.07) is 0.719. The second-order valence-corrected chi connectivity index (χ2v) is 6.63. The van der Waals surface area contributed by atoms with E-state index in [1.807, 2.05) is 0 Å². The van der Waals surface area contributed by atoms with E-state index in [1.165, 1.54) is 37.9 Å². The Morgan fingerprint density at radius 3 is 2.65 bits per heavy atom. The maximum Gasteiger partial charge on any atom is 0.0613 e. The van der Waals surface area contributed by atoms with Crippen LogP contribution in [0.15, 0.2) is 11.6 Å². The van der Waals surface area contributed by atoms with Gasteiger partial charge in [-0.2, -0.15) is 0 Å². The molecule has 2 atom stereocenters. The molecular weight excluding hydrogens is 248 g/mol. The normalized spacial score (nSPS) is 28.8. The highest BCUT2D eigenvalue weighted by molar-refractivity contribution is 4.95. The molecule has 2 heterocycles. The third-order valence-corrected chi connectivity index (χ3v) is 4.76. The molecule has 0 aromatic heterocycles. The third-order valence-electron chi connectivity index (χ3n) is 4.76. The molecule has 0 saturated carbocycles. The SMILES string of the molecule is CCC1OCCC1CNC1CCN(CC=C(C)C)CC1. The molecule has 20 heavy (non-hydrogen) atoms. The molecule has 2 aliphatic heterocycles. The minimum atomic E-state index is 0.500. The van der Waals surface area contributed by atoms with Crippen LogP contribution in [0.25, 0.3) is 0 Å². The number of likely N-dealkylation sites (tertiary alicyclic amines) is 1. The van der Waals surface area contributed by atoms with Crippen molar-refractivity contribution in [1.82, 2.24) is 10.2 Å². The number of hydrogen-bond acceptors (Lipinski definition) is 3. The van der Waals surface area contributed by atoms with Gasteiger partial charge in [-0.25, -0.2) is 0 Å². The van der Waals surface area contributed by atoms with Gasteiger partial charge in [-0.3, -0.25) is 4.90 Å². The van der Waals surface area contributed by atoms with Crippen LogP contribution in [0.1, 0.15) is 46.5 Å². The first-order valence-electron chi connectivity index (χ1n) is 8.39. The maximum absolute atomic E-state index is 5.77. The van der Waals surface area contributed by atoms with Crippen molar-refractivity contribution in [1.29, 1.82) is 0 Å². The van der Waals surface area contributed by atoms with Gasteiger partial charge in [-0.1, -0.05) is 18.6 Å². The Balaban J connectivity index is 1.63. The summed E-state index contributed by atoms with van der Waals surface area (Å²) in [5.41, 5.74) is 1.43. The number of hydrogen-bond donors (Lipinski definition) is 1. The Morgan fingerprint density at radius 1 is 1.25 bits per heavy atom. The van der Waals surface area contributed by atoms with Crippen molar-refractivity contribution in [3.05, 3.63) is 11.6 Å². The zero-order valence-electron chi connectivity index (χ0n) is 13.5. The summed E-state index contributed by atoms with van der Waals surface area (Å²) >= 11 is 0. The second-order valence-electron chi connectivity index (χ2n) is 6.63. The quantitative estimate of drug-likeness (QED) is 0.757. The predicted molar refractivity (Wildman–Crippen MR) is 85.0 cm³/mol. The first-order valence-corrected chi connectivity index (χ1v) is 8.39. The van der Waals surface area contributed by atoms with E-state index in [1.54, 1.807) is 0 Å². The highest BCUT2D eigenvalue weighted by Crippen LogP contribution is 2.23. The number of nitrogens with zero attached hydrogens (tertiary/aromatic N) is 1. The fraction of sp³-hybridized carbons (Fsp3) is 0.882. The molecule has 2 unspecified atom stereocenters. The Hall–Kier alpha value is -0.380. The lowest BCUT2D eigenvalue weighted by Crippen LogP contribution is -2.44. The zero-order chi connectivity index (χ0) is 14.4. The largest absolute Gasteiger partial charge is 0.378 e. The van der Waals surface area contributed by atoms with Crippen LogP contribution in [-0.4, -0.2) is 49.8 Å². The summed E-state index contributed by atoms with van der Waals surface area (Å²) in [6.07, 6.45) is 7.83. The number of piperidine rings is 1. The molecule has 2 aliphatic rings. The van der Waals surface area contributed by atoms with Gasteiger partial charge in [0.2, 0.25) is 0 Å². The van der Waals surface area contributed by atoms with Crippen molar-refractivity contribution in [3.8, 4) is 0 Å². The molecule has 0 spiro atoms. The second kappa shape index (κ2) is 8.16. The van der Waals surface area contributed by atoms with Gasteiger partial charge in [0.15, 0.2) is 0 Å². The predicted octanol–water partition coefficient (Wildman–Crippen LogP) is 2.82. The molecule has 0 aromatic rings. The van der Waals surface area contributed by atoms with Crippen molar-refractivity contribution in [2.45, 2.75) is 58.6 Å². The molecule has 116 valence electrons. The van der Waals surface area contributed by atoms with Crippen LogP contribution < -0.4 is 5.32 Å². The number of rotatable bonds is 6. The van der Waals surface area contributed by atoms with Crippen molar-refractivity contribution in [3.63, 3.8) is 0 Å². The van der Waals surface area contributed by atoms with Crippen LogP contribution >= 0.6 is 0 Å². The minimum absolute atomic E-state index is 0.500. The van der Waals surface area contributed by atoms with E-state index in [-0.39, 0.29) is 0 Å². The lowest BCUT2D eigenvalue weighted by molar-refractivity contribution is 0.0856. The topological polar surface area (TPSA) is 24.5 Å². The van der Waals surface area contributed by atoms with Crippen molar-refractivity contribution < 1.29 is 4.74 Å². The number of ether oxygens (including phenoxy) is 1. The summed E-state index contributed by atoms with van der Waals surface area (Å²) < 4.78 is 5.77. The van der Waals surface area contributed by atoms with Gasteiger partial charge >= 0.3 is 0 Å². The summed E-state index contributed by atoms with van der Waals surface area (Å²) in [4.78, 5) is 2.57. The van der Waals surface area contributed by atoms with E-state index in [9.17, 15) is 0 Å². The van der Waals surface area contributed by atoms with Gasteiger partial charge in [0.05, 0.1) is 6.10 Å². The molecule has 2 saturated heterocycles. The van der Waals surface area contributed by atoms with Gasteiger partial charge < -0.3 is 10.1 Å². The van der Waals surface area contributed by atoms with Gasteiger partial charge in [-0.15, -0.1) is 0 Å². The van der Waals surface area contributed by atoms with Crippen LogP contribution in [-0.2, 0) is 4.74 Å². The molecule has 3 heteroatoms. The monoisotopic (exact) mass is 280 g/mol. The van der Waals surface area contributed by atoms with Crippen molar-refractivity contribution in [2.75, 3.05) is 32.8 Å². The molecule has 0 aliphatic carbocycles. The van der Waals surface area contributed by atoms with E-state index < -0.39 is 0 Å². The van der Waals surface area contributed by atoms with E-state index >= 15 is 0 Å². The molecule has 0 bridgehead atoms. The molecule has 2 fully saturated rings. The molecule has 3 nitrogen and oxygen atoms in total. The van der Waals surface area contributed by atoms with Crippen molar-refractivity contribution in [2.24, 2.45) is 5.92 Å². The average Bonchev–Trinajstić information content (AvgIpc) is 2.91. The first kappa shape index (κ1) is 16.0. The Morgan fingerprint density at radius 2 is 2.00 bits per heavy atom. The van der Waals surface area contributed by atoms with E-state index in [0.717, 1.165) is 38.1 Å². The number of allylic oxidation sites excluding steroid dienone is 1. The minimum Gasteiger partial charge on any atom is -0.378 e. The van der Waals surface area contributed by atoms with Crippen LogP contribution in [0.4, 0.5) is 0 Å². The fourth-order valence-electron chi connectivity index (χ4n) is 3.33. The average molecular weight is 280 g/mol. The van der Waals surface area contributed by atoms with E-state index in [2.05, 4.69) is 37.1 Å². The lowest BCUT2D eigenvalue weighted by Gasteiger charge is -2.32. The highest BCUT2D eigenvalue weighted by atomic mass is 16.5. The highest BCUT2D eigenvalue weighted by Gasteiger charge is 2.27. The van der Waals surface area contributed by atoms with Gasteiger partial charge in [0, 0.05) is 25.7 Å². The van der Waals surface area contributed by atoms with E-state index in [4.69, 9.17) is 4.74 Å². The maximum atomic E-state index is 5.77. The summed E-state index contributed by atoms with van der Waals surface area (Å²) in [7, 11) is 0. The molecule has 0 amide bonds. The van der Waals surface area contributed by atoms with Gasteiger partial charge in [-0.05, 0) is 58.5 Å². The molecule has 1 N–H and O–H groups in total. The van der Waals surface area contributed by atoms with E-state index in [0.29, 0.717) is 6.10 Å². The summed E-state index contributed by atoms with van der Waals surface area (Å²) in [5, 5.41) is 3.79. The van der Waals surface area contributed by atoms with Crippen LogP contribution in [0.5, 0.6) is 0 Å². The lowest BCUT2D eigenvalue weighted by atomic mass is 9.98. The molecule has 2 rings (SSSR count). The number of nitrogens with one attached hydrogen (secondary N) is 1. The Bertz CT molecular complexity index is 304. The smallest absolute Gasteiger partial charge is 0.0613 e. The Labute approximate surface area is 124 Å². The zero-order valence-corrected chi connectivity index (χ0v) is 13.5. The first-order chi connectivity index (χ1) is 9.69. The molecule has 0 radical (unpaired) electrons. The summed E-state index contributed by atoms with van der Waals surface area (Å²) in [5.74, 6) is 0.740.